The first-order chi connectivity index (χ1) is 7.53. The van der Waals surface area contributed by atoms with Crippen LogP contribution in [0, 0.1) is 0 Å². The summed E-state index contributed by atoms with van der Waals surface area (Å²) in [7, 11) is -0.972. The Kier molecular flexibility index (Phi) is 5.68. The van der Waals surface area contributed by atoms with Crippen LogP contribution in [0.15, 0.2) is 0 Å². The van der Waals surface area contributed by atoms with E-state index >= 15 is 0 Å². The van der Waals surface area contributed by atoms with Crippen molar-refractivity contribution < 1.29 is 8.42 Å². The Bertz CT molecular complexity index is 292. The summed E-state index contributed by atoms with van der Waals surface area (Å²) in [5.41, 5.74) is 0. The van der Waals surface area contributed by atoms with Crippen LogP contribution >= 0.6 is 0 Å². The molecule has 1 aliphatic rings. The van der Waals surface area contributed by atoms with Crippen molar-refractivity contribution in [3.63, 3.8) is 0 Å². The third kappa shape index (κ3) is 5.25. The predicted octanol–water partition coefficient (Wildman–Crippen LogP) is -0.390. The largest absolute Gasteiger partial charge is 0.312 e. The molecular weight excluding hydrogens is 226 g/mol. The lowest BCUT2D eigenvalue weighted by Crippen LogP contribution is -2.45. The molecule has 0 aromatic carbocycles. The lowest BCUT2D eigenvalue weighted by Gasteiger charge is -2.30. The fraction of sp³-hybridized carbons (Fsp3) is 1.00. The van der Waals surface area contributed by atoms with Crippen LogP contribution < -0.4 is 10.0 Å². The number of nitrogens with zero attached hydrogens (tertiary/aromatic N) is 1. The molecule has 1 aliphatic heterocycles. The molecule has 0 aliphatic carbocycles. The minimum Gasteiger partial charge on any atom is -0.312 e. The van der Waals surface area contributed by atoms with E-state index in [4.69, 9.17) is 0 Å². The first kappa shape index (κ1) is 13.9. The van der Waals surface area contributed by atoms with Crippen molar-refractivity contribution >= 4 is 10.0 Å². The number of piperidine rings is 1. The fourth-order valence-electron chi connectivity index (χ4n) is 2.02. The Labute approximate surface area is 98.6 Å². The van der Waals surface area contributed by atoms with E-state index in [9.17, 15) is 8.42 Å². The van der Waals surface area contributed by atoms with E-state index in [0.717, 1.165) is 19.5 Å². The van der Waals surface area contributed by atoms with Crippen LogP contribution in [-0.2, 0) is 10.0 Å². The van der Waals surface area contributed by atoms with Crippen LogP contribution in [-0.4, -0.2) is 58.3 Å². The van der Waals surface area contributed by atoms with Gasteiger partial charge in [0.2, 0.25) is 10.0 Å². The average Bonchev–Trinajstić information content (AvgIpc) is 2.17. The van der Waals surface area contributed by atoms with E-state index in [1.807, 2.05) is 0 Å². The van der Waals surface area contributed by atoms with E-state index in [2.05, 4.69) is 22.0 Å². The number of nitrogens with one attached hydrogen (secondary N) is 2. The van der Waals surface area contributed by atoms with Gasteiger partial charge in [-0.25, -0.2) is 13.1 Å². The number of likely N-dealkylation sites (tertiary alicyclic amines) is 1. The third-order valence-electron chi connectivity index (χ3n) is 2.79. The highest BCUT2D eigenvalue weighted by Crippen LogP contribution is 2.07. The van der Waals surface area contributed by atoms with Crippen molar-refractivity contribution in [2.24, 2.45) is 0 Å². The van der Waals surface area contributed by atoms with Crippen molar-refractivity contribution in [2.75, 3.05) is 39.0 Å². The van der Waals surface area contributed by atoms with Crippen LogP contribution in [0.1, 0.15) is 19.8 Å². The van der Waals surface area contributed by atoms with Crippen LogP contribution in [0.4, 0.5) is 0 Å². The van der Waals surface area contributed by atoms with Gasteiger partial charge in [-0.1, -0.05) is 6.92 Å². The smallest absolute Gasteiger partial charge is 0.212 e. The summed E-state index contributed by atoms with van der Waals surface area (Å²) in [6.07, 6.45) is 2.33. The summed E-state index contributed by atoms with van der Waals surface area (Å²) in [5.74, 6) is 0.168. The van der Waals surface area contributed by atoms with Gasteiger partial charge in [0.15, 0.2) is 0 Å². The first-order valence-corrected chi connectivity index (χ1v) is 7.58. The first-order valence-electron chi connectivity index (χ1n) is 5.93. The zero-order valence-electron chi connectivity index (χ0n) is 10.2. The molecule has 16 heavy (non-hydrogen) atoms. The van der Waals surface area contributed by atoms with Gasteiger partial charge in [-0.05, 0) is 26.4 Å². The standard InChI is InChI=1S/C10H23N3O2S/c1-3-12-16(14,15)8-6-11-10-5-4-7-13(2)9-10/h10-12H,3-9H2,1-2H3. The summed E-state index contributed by atoms with van der Waals surface area (Å²) in [5, 5.41) is 3.31. The highest BCUT2D eigenvalue weighted by atomic mass is 32.2. The highest BCUT2D eigenvalue weighted by Gasteiger charge is 2.17. The summed E-state index contributed by atoms with van der Waals surface area (Å²) < 4.78 is 25.2. The quantitative estimate of drug-likeness (QED) is 0.673. The molecule has 1 rings (SSSR count). The van der Waals surface area contributed by atoms with E-state index in [0.29, 0.717) is 19.1 Å². The van der Waals surface area contributed by atoms with Crippen LogP contribution in [0.25, 0.3) is 0 Å². The van der Waals surface area contributed by atoms with Crippen LogP contribution in [0.5, 0.6) is 0 Å². The molecule has 0 bridgehead atoms. The Morgan fingerprint density at radius 1 is 1.44 bits per heavy atom. The minimum absolute atomic E-state index is 0.168. The molecular formula is C10H23N3O2S. The molecule has 1 unspecified atom stereocenters. The Balaban J connectivity index is 2.19. The number of hydrogen-bond acceptors (Lipinski definition) is 4. The van der Waals surface area contributed by atoms with E-state index in [1.165, 1.54) is 6.42 Å². The van der Waals surface area contributed by atoms with Crippen molar-refractivity contribution in [1.82, 2.24) is 14.9 Å². The van der Waals surface area contributed by atoms with Crippen molar-refractivity contribution in [1.29, 1.82) is 0 Å². The molecule has 1 saturated heterocycles. The van der Waals surface area contributed by atoms with Gasteiger partial charge in [0.05, 0.1) is 5.75 Å². The van der Waals surface area contributed by atoms with Crippen LogP contribution in [0.2, 0.25) is 0 Å². The maximum atomic E-state index is 11.4. The molecule has 0 aromatic heterocycles. The zero-order valence-corrected chi connectivity index (χ0v) is 11.0. The maximum absolute atomic E-state index is 11.4. The lowest BCUT2D eigenvalue weighted by atomic mass is 10.1. The topological polar surface area (TPSA) is 61.4 Å². The van der Waals surface area contributed by atoms with E-state index in [-0.39, 0.29) is 5.75 Å². The van der Waals surface area contributed by atoms with Crippen molar-refractivity contribution in [3.8, 4) is 0 Å². The maximum Gasteiger partial charge on any atom is 0.212 e. The van der Waals surface area contributed by atoms with Crippen molar-refractivity contribution in [2.45, 2.75) is 25.8 Å². The van der Waals surface area contributed by atoms with Crippen LogP contribution in [0.3, 0.4) is 0 Å². The zero-order chi connectivity index (χ0) is 12.0. The molecule has 96 valence electrons. The summed E-state index contributed by atoms with van der Waals surface area (Å²) in [6, 6.07) is 0.440. The number of hydrogen-bond donors (Lipinski definition) is 2. The fourth-order valence-corrected chi connectivity index (χ4v) is 2.99. The van der Waals surface area contributed by atoms with Gasteiger partial charge in [0.1, 0.15) is 0 Å². The molecule has 1 fully saturated rings. The Morgan fingerprint density at radius 2 is 2.19 bits per heavy atom. The number of likely N-dealkylation sites (N-methyl/N-ethyl adjacent to an activating group) is 1. The second-order valence-electron chi connectivity index (χ2n) is 4.37. The Hall–Kier alpha value is -0.170. The molecule has 6 heteroatoms. The van der Waals surface area contributed by atoms with E-state index < -0.39 is 10.0 Å². The van der Waals surface area contributed by atoms with Gasteiger partial charge >= 0.3 is 0 Å². The predicted molar refractivity (Wildman–Crippen MR) is 66.0 cm³/mol. The minimum atomic E-state index is -3.07. The monoisotopic (exact) mass is 249 g/mol. The molecule has 5 nitrogen and oxygen atoms in total. The second kappa shape index (κ2) is 6.54. The third-order valence-corrected chi connectivity index (χ3v) is 4.26. The molecule has 0 saturated carbocycles. The molecule has 1 atom stereocenters. The normalized spacial score (nSPS) is 23.5. The van der Waals surface area contributed by atoms with Gasteiger partial charge in [0, 0.05) is 25.7 Å². The molecule has 1 heterocycles. The molecule has 0 amide bonds. The Morgan fingerprint density at radius 3 is 2.81 bits per heavy atom. The van der Waals surface area contributed by atoms with Gasteiger partial charge < -0.3 is 10.2 Å². The summed E-state index contributed by atoms with van der Waals surface area (Å²) >= 11 is 0. The summed E-state index contributed by atoms with van der Waals surface area (Å²) in [4.78, 5) is 2.28. The number of sulfonamides is 1. The van der Waals surface area contributed by atoms with Gasteiger partial charge in [0.25, 0.3) is 0 Å². The SMILES string of the molecule is CCNS(=O)(=O)CCNC1CCCN(C)C1. The molecule has 0 aromatic rings. The van der Waals surface area contributed by atoms with Crippen molar-refractivity contribution in [3.05, 3.63) is 0 Å². The summed E-state index contributed by atoms with van der Waals surface area (Å²) in [6.45, 7) is 4.96. The molecule has 0 spiro atoms. The molecule has 0 radical (unpaired) electrons. The van der Waals surface area contributed by atoms with Gasteiger partial charge in [-0.3, -0.25) is 0 Å². The van der Waals surface area contributed by atoms with E-state index in [1.54, 1.807) is 6.92 Å². The second-order valence-corrected chi connectivity index (χ2v) is 6.30. The van der Waals surface area contributed by atoms with Gasteiger partial charge in [-0.15, -0.1) is 0 Å². The van der Waals surface area contributed by atoms with Gasteiger partial charge in [-0.2, -0.15) is 0 Å². The average molecular weight is 249 g/mol. The highest BCUT2D eigenvalue weighted by molar-refractivity contribution is 7.89. The molecule has 2 N–H and O–H groups in total. The lowest BCUT2D eigenvalue weighted by molar-refractivity contribution is 0.229. The number of rotatable bonds is 6.